The van der Waals surface area contributed by atoms with E-state index in [-0.39, 0.29) is 6.04 Å². The summed E-state index contributed by atoms with van der Waals surface area (Å²) < 4.78 is 2.26. The van der Waals surface area contributed by atoms with Gasteiger partial charge in [-0.3, -0.25) is 0 Å². The number of hydrogen-bond donors (Lipinski definition) is 1. The van der Waals surface area contributed by atoms with Gasteiger partial charge >= 0.3 is 0 Å². The summed E-state index contributed by atoms with van der Waals surface area (Å²) in [5.41, 5.74) is 7.65. The second-order valence-corrected chi connectivity index (χ2v) is 4.95. The van der Waals surface area contributed by atoms with Crippen molar-refractivity contribution in [1.29, 1.82) is 0 Å². The highest BCUT2D eigenvalue weighted by Gasteiger charge is 2.47. The zero-order chi connectivity index (χ0) is 10.3. The fourth-order valence-corrected chi connectivity index (χ4v) is 1.99. The molecule has 1 aromatic heterocycles. The van der Waals surface area contributed by atoms with Crippen LogP contribution in [0.2, 0.25) is 0 Å². The molecule has 0 saturated heterocycles. The van der Waals surface area contributed by atoms with Crippen LogP contribution in [0.4, 0.5) is 0 Å². The van der Waals surface area contributed by atoms with E-state index in [2.05, 4.69) is 30.3 Å². The molecule has 78 valence electrons. The molecule has 0 aromatic carbocycles. The van der Waals surface area contributed by atoms with Gasteiger partial charge in [0, 0.05) is 18.3 Å². The minimum absolute atomic E-state index is 0.133. The van der Waals surface area contributed by atoms with Gasteiger partial charge < -0.3 is 10.3 Å². The lowest BCUT2D eigenvalue weighted by Gasteiger charge is -2.14. The van der Waals surface area contributed by atoms with Gasteiger partial charge in [0.25, 0.3) is 0 Å². The van der Waals surface area contributed by atoms with E-state index in [1.807, 2.05) is 12.5 Å². The third-order valence-corrected chi connectivity index (χ3v) is 3.31. The number of nitrogens with zero attached hydrogens (tertiary/aromatic N) is 2. The van der Waals surface area contributed by atoms with Crippen LogP contribution in [-0.2, 0) is 0 Å². The average molecular weight is 193 g/mol. The van der Waals surface area contributed by atoms with E-state index < -0.39 is 0 Å². The normalized spacial score (nSPS) is 26.1. The lowest BCUT2D eigenvalue weighted by atomic mass is 10.1. The molecule has 1 fully saturated rings. The molecule has 14 heavy (non-hydrogen) atoms. The molecule has 2 atom stereocenters. The standard InChI is InChI=1S/C11H19N3/c1-4-8(12)9-6-13-7-14(9)10-5-11(10,2)3/h6-8,10H,4-5,12H2,1-3H3/t8-,10?/m1/s1. The van der Waals surface area contributed by atoms with Crippen LogP contribution in [0.25, 0.3) is 0 Å². The Morgan fingerprint density at radius 3 is 2.86 bits per heavy atom. The molecule has 0 amide bonds. The van der Waals surface area contributed by atoms with Crippen molar-refractivity contribution in [2.45, 2.75) is 45.7 Å². The molecular weight excluding hydrogens is 174 g/mol. The quantitative estimate of drug-likeness (QED) is 0.800. The summed E-state index contributed by atoms with van der Waals surface area (Å²) in [4.78, 5) is 4.20. The van der Waals surface area contributed by atoms with Gasteiger partial charge in [-0.25, -0.2) is 4.98 Å². The van der Waals surface area contributed by atoms with Crippen LogP contribution in [0.3, 0.4) is 0 Å². The molecular formula is C11H19N3. The number of rotatable bonds is 3. The van der Waals surface area contributed by atoms with E-state index in [0.717, 1.165) is 6.42 Å². The largest absolute Gasteiger partial charge is 0.330 e. The molecule has 1 aliphatic rings. The Bertz CT molecular complexity index is 327. The number of aromatic nitrogens is 2. The third kappa shape index (κ3) is 1.46. The van der Waals surface area contributed by atoms with E-state index in [9.17, 15) is 0 Å². The van der Waals surface area contributed by atoms with Crippen molar-refractivity contribution in [3.8, 4) is 0 Å². The predicted octanol–water partition coefficient (Wildman–Crippen LogP) is 2.26. The maximum Gasteiger partial charge on any atom is 0.0951 e. The Hall–Kier alpha value is -0.830. The molecule has 1 heterocycles. The number of nitrogens with two attached hydrogens (primary N) is 1. The Kier molecular flexibility index (Phi) is 2.14. The topological polar surface area (TPSA) is 43.8 Å². The minimum atomic E-state index is 0.133. The first kappa shape index (κ1) is 9.71. The maximum absolute atomic E-state index is 6.03. The lowest BCUT2D eigenvalue weighted by Crippen LogP contribution is -2.14. The monoisotopic (exact) mass is 193 g/mol. The second kappa shape index (κ2) is 3.09. The van der Waals surface area contributed by atoms with Crippen LogP contribution in [0.1, 0.15) is 51.4 Å². The summed E-state index contributed by atoms with van der Waals surface area (Å²) >= 11 is 0. The van der Waals surface area contributed by atoms with Crippen LogP contribution in [-0.4, -0.2) is 9.55 Å². The SMILES string of the molecule is CC[C@@H](N)c1cncn1C1CC1(C)C. The summed E-state index contributed by atoms with van der Waals surface area (Å²) in [6.45, 7) is 6.69. The van der Waals surface area contributed by atoms with Gasteiger partial charge in [-0.2, -0.15) is 0 Å². The molecule has 0 radical (unpaired) electrons. The molecule has 3 nitrogen and oxygen atoms in total. The molecule has 3 heteroatoms. The van der Waals surface area contributed by atoms with Crippen molar-refractivity contribution in [2.24, 2.45) is 11.1 Å². The van der Waals surface area contributed by atoms with Crippen molar-refractivity contribution < 1.29 is 0 Å². The Labute approximate surface area is 85.3 Å². The van der Waals surface area contributed by atoms with Crippen LogP contribution >= 0.6 is 0 Å². The lowest BCUT2D eigenvalue weighted by molar-refractivity contribution is 0.510. The Morgan fingerprint density at radius 2 is 2.36 bits per heavy atom. The van der Waals surface area contributed by atoms with Gasteiger partial charge in [0.15, 0.2) is 0 Å². The van der Waals surface area contributed by atoms with Crippen LogP contribution in [0.15, 0.2) is 12.5 Å². The molecule has 0 bridgehead atoms. The first-order valence-electron chi connectivity index (χ1n) is 5.33. The molecule has 1 saturated carbocycles. The molecule has 2 N–H and O–H groups in total. The van der Waals surface area contributed by atoms with Crippen molar-refractivity contribution in [1.82, 2.24) is 9.55 Å². The Balaban J connectivity index is 2.23. The van der Waals surface area contributed by atoms with Gasteiger partial charge in [-0.1, -0.05) is 20.8 Å². The van der Waals surface area contributed by atoms with Crippen LogP contribution < -0.4 is 5.73 Å². The van der Waals surface area contributed by atoms with Gasteiger partial charge in [0.2, 0.25) is 0 Å². The summed E-state index contributed by atoms with van der Waals surface area (Å²) in [7, 11) is 0. The van der Waals surface area contributed by atoms with E-state index in [1.165, 1.54) is 12.1 Å². The zero-order valence-corrected chi connectivity index (χ0v) is 9.20. The van der Waals surface area contributed by atoms with Gasteiger partial charge in [0.1, 0.15) is 0 Å². The number of hydrogen-bond acceptors (Lipinski definition) is 2. The summed E-state index contributed by atoms with van der Waals surface area (Å²) in [5, 5.41) is 0. The third-order valence-electron chi connectivity index (χ3n) is 3.31. The Morgan fingerprint density at radius 1 is 1.71 bits per heavy atom. The molecule has 0 spiro atoms. The van der Waals surface area contributed by atoms with E-state index in [4.69, 9.17) is 5.73 Å². The minimum Gasteiger partial charge on any atom is -0.330 e. The van der Waals surface area contributed by atoms with Gasteiger partial charge in [0.05, 0.1) is 12.0 Å². The average Bonchev–Trinajstić information content (AvgIpc) is 2.63. The fraction of sp³-hybridized carbons (Fsp3) is 0.727. The van der Waals surface area contributed by atoms with Crippen molar-refractivity contribution in [3.05, 3.63) is 18.2 Å². The highest BCUT2D eigenvalue weighted by molar-refractivity contribution is 5.12. The van der Waals surface area contributed by atoms with E-state index >= 15 is 0 Å². The molecule has 2 rings (SSSR count). The second-order valence-electron chi connectivity index (χ2n) is 4.95. The smallest absolute Gasteiger partial charge is 0.0951 e. The van der Waals surface area contributed by atoms with E-state index in [1.54, 1.807) is 0 Å². The van der Waals surface area contributed by atoms with E-state index in [0.29, 0.717) is 11.5 Å². The highest BCUT2D eigenvalue weighted by atomic mass is 15.1. The zero-order valence-electron chi connectivity index (χ0n) is 9.20. The first-order chi connectivity index (χ1) is 6.56. The van der Waals surface area contributed by atoms with Crippen molar-refractivity contribution >= 4 is 0 Å². The van der Waals surface area contributed by atoms with Gasteiger partial charge in [-0.05, 0) is 18.3 Å². The van der Waals surface area contributed by atoms with Crippen molar-refractivity contribution in [3.63, 3.8) is 0 Å². The summed E-state index contributed by atoms with van der Waals surface area (Å²) in [6.07, 6.45) is 6.04. The van der Waals surface area contributed by atoms with Crippen LogP contribution in [0, 0.1) is 5.41 Å². The summed E-state index contributed by atoms with van der Waals surface area (Å²) in [5.74, 6) is 0. The maximum atomic E-state index is 6.03. The first-order valence-corrected chi connectivity index (χ1v) is 5.33. The highest BCUT2D eigenvalue weighted by Crippen LogP contribution is 2.56. The predicted molar refractivity (Wildman–Crippen MR) is 56.9 cm³/mol. The molecule has 1 aliphatic carbocycles. The van der Waals surface area contributed by atoms with Crippen molar-refractivity contribution in [2.75, 3.05) is 0 Å². The van der Waals surface area contributed by atoms with Crippen LogP contribution in [0.5, 0.6) is 0 Å². The summed E-state index contributed by atoms with van der Waals surface area (Å²) in [6, 6.07) is 0.742. The van der Waals surface area contributed by atoms with Gasteiger partial charge in [-0.15, -0.1) is 0 Å². The number of imidazole rings is 1. The molecule has 0 aliphatic heterocycles. The molecule has 1 aromatic rings. The molecule has 1 unspecified atom stereocenters. The fourth-order valence-electron chi connectivity index (χ4n) is 1.99.